The van der Waals surface area contributed by atoms with Crippen LogP contribution in [0.1, 0.15) is 34.5 Å². The predicted octanol–water partition coefficient (Wildman–Crippen LogP) is 2.69. The SMILES string of the molecule is O=C(O)CCCNC(=O)c1noc2c1CCc1cc(Cl)ccc1-2. The van der Waals surface area contributed by atoms with Gasteiger partial charge in [-0.3, -0.25) is 9.59 Å². The Hall–Kier alpha value is -2.34. The summed E-state index contributed by atoms with van der Waals surface area (Å²) >= 11 is 6.00. The Kier molecular flexibility index (Phi) is 4.34. The number of nitrogens with one attached hydrogen (secondary N) is 1. The summed E-state index contributed by atoms with van der Waals surface area (Å²) < 4.78 is 5.37. The first-order valence-electron chi connectivity index (χ1n) is 7.33. The quantitative estimate of drug-likeness (QED) is 0.820. The number of aliphatic carboxylic acids is 1. The molecule has 1 aromatic heterocycles. The Labute approximate surface area is 137 Å². The molecule has 0 spiro atoms. The van der Waals surface area contributed by atoms with Crippen LogP contribution in [-0.2, 0) is 17.6 Å². The normalized spacial score (nSPS) is 12.4. The van der Waals surface area contributed by atoms with Gasteiger partial charge in [0.1, 0.15) is 0 Å². The lowest BCUT2D eigenvalue weighted by Gasteiger charge is -2.14. The van der Waals surface area contributed by atoms with E-state index in [1.54, 1.807) is 6.07 Å². The van der Waals surface area contributed by atoms with E-state index in [1.165, 1.54) is 0 Å². The van der Waals surface area contributed by atoms with Gasteiger partial charge in [-0.15, -0.1) is 0 Å². The van der Waals surface area contributed by atoms with Crippen molar-refractivity contribution >= 4 is 23.5 Å². The number of hydrogen-bond acceptors (Lipinski definition) is 4. The van der Waals surface area contributed by atoms with Crippen molar-refractivity contribution in [3.63, 3.8) is 0 Å². The molecule has 23 heavy (non-hydrogen) atoms. The van der Waals surface area contributed by atoms with E-state index in [9.17, 15) is 9.59 Å². The third kappa shape index (κ3) is 3.22. The van der Waals surface area contributed by atoms with Crippen LogP contribution in [0.4, 0.5) is 0 Å². The second-order valence-electron chi connectivity index (χ2n) is 5.39. The zero-order valence-electron chi connectivity index (χ0n) is 12.3. The standard InChI is InChI=1S/C16H15ClN2O4/c17-10-4-6-11-9(8-10)3-5-12-14(19-23-15(11)12)16(22)18-7-1-2-13(20)21/h4,6,8H,1-3,5,7H2,(H,18,22)(H,20,21). The number of carboxylic acids is 1. The van der Waals surface area contributed by atoms with Crippen molar-refractivity contribution in [1.82, 2.24) is 10.5 Å². The highest BCUT2D eigenvalue weighted by atomic mass is 35.5. The molecule has 2 N–H and O–H groups in total. The predicted molar refractivity (Wildman–Crippen MR) is 83.6 cm³/mol. The maximum atomic E-state index is 12.2. The van der Waals surface area contributed by atoms with Gasteiger partial charge < -0.3 is 14.9 Å². The Morgan fingerprint density at radius 3 is 2.96 bits per heavy atom. The van der Waals surface area contributed by atoms with Gasteiger partial charge >= 0.3 is 5.97 Å². The molecule has 0 aliphatic heterocycles. The van der Waals surface area contributed by atoms with Crippen molar-refractivity contribution < 1.29 is 19.2 Å². The van der Waals surface area contributed by atoms with Crippen molar-refractivity contribution in [2.75, 3.05) is 6.54 Å². The molecule has 0 fully saturated rings. The summed E-state index contributed by atoms with van der Waals surface area (Å²) in [6.07, 6.45) is 1.82. The fraction of sp³-hybridized carbons (Fsp3) is 0.312. The fourth-order valence-corrected chi connectivity index (χ4v) is 2.90. The summed E-state index contributed by atoms with van der Waals surface area (Å²) in [5.41, 5.74) is 3.05. The molecule has 1 heterocycles. The molecule has 0 bridgehead atoms. The van der Waals surface area contributed by atoms with Gasteiger partial charge in [0.15, 0.2) is 11.5 Å². The number of carbonyl (C=O) groups excluding carboxylic acids is 1. The number of aromatic nitrogens is 1. The Bertz CT molecular complexity index is 769. The van der Waals surface area contributed by atoms with Crippen molar-refractivity contribution in [3.05, 3.63) is 40.0 Å². The van der Waals surface area contributed by atoms with Crippen molar-refractivity contribution in [3.8, 4) is 11.3 Å². The average molecular weight is 335 g/mol. The topological polar surface area (TPSA) is 92.4 Å². The Balaban J connectivity index is 1.76. The molecule has 3 rings (SSSR count). The highest BCUT2D eigenvalue weighted by molar-refractivity contribution is 6.30. The molecule has 7 heteroatoms. The summed E-state index contributed by atoms with van der Waals surface area (Å²) in [6, 6.07) is 5.55. The van der Waals surface area contributed by atoms with E-state index >= 15 is 0 Å². The molecule has 2 aromatic rings. The first-order valence-corrected chi connectivity index (χ1v) is 7.71. The molecule has 120 valence electrons. The number of fused-ring (bicyclic) bond motifs is 3. The van der Waals surface area contributed by atoms with Gasteiger partial charge in [0.05, 0.1) is 0 Å². The van der Waals surface area contributed by atoms with Crippen molar-refractivity contribution in [1.29, 1.82) is 0 Å². The molecule has 1 aliphatic carbocycles. The van der Waals surface area contributed by atoms with Crippen molar-refractivity contribution in [2.45, 2.75) is 25.7 Å². The average Bonchev–Trinajstić information content (AvgIpc) is 2.95. The number of aryl methyl sites for hydroxylation is 1. The largest absolute Gasteiger partial charge is 0.481 e. The molecule has 0 saturated carbocycles. The summed E-state index contributed by atoms with van der Waals surface area (Å²) in [5.74, 6) is -0.607. The third-order valence-corrected chi connectivity index (χ3v) is 4.05. The summed E-state index contributed by atoms with van der Waals surface area (Å²) in [5, 5.41) is 15.8. The van der Waals surface area contributed by atoms with E-state index in [1.807, 2.05) is 12.1 Å². The maximum Gasteiger partial charge on any atom is 0.303 e. The fourth-order valence-electron chi connectivity index (χ4n) is 2.71. The number of rotatable bonds is 5. The number of amides is 1. The van der Waals surface area contributed by atoms with Gasteiger partial charge in [-0.05, 0) is 43.0 Å². The number of hydrogen-bond donors (Lipinski definition) is 2. The highest BCUT2D eigenvalue weighted by Crippen LogP contribution is 2.36. The molecule has 0 radical (unpaired) electrons. The third-order valence-electron chi connectivity index (χ3n) is 3.81. The molecular formula is C16H15ClN2O4. The van der Waals surface area contributed by atoms with E-state index in [-0.39, 0.29) is 18.0 Å². The minimum Gasteiger partial charge on any atom is -0.481 e. The molecule has 6 nitrogen and oxygen atoms in total. The molecular weight excluding hydrogens is 320 g/mol. The lowest BCUT2D eigenvalue weighted by atomic mass is 9.89. The second-order valence-corrected chi connectivity index (χ2v) is 5.83. The minimum atomic E-state index is -0.881. The summed E-state index contributed by atoms with van der Waals surface area (Å²) in [4.78, 5) is 22.6. The molecule has 0 saturated heterocycles. The Morgan fingerprint density at radius 2 is 2.17 bits per heavy atom. The van der Waals surface area contributed by atoms with Crippen LogP contribution in [0.25, 0.3) is 11.3 Å². The number of halogens is 1. The van der Waals surface area contributed by atoms with E-state index in [0.29, 0.717) is 30.2 Å². The number of nitrogens with zero attached hydrogens (tertiary/aromatic N) is 1. The van der Waals surface area contributed by atoms with Gasteiger partial charge in [-0.1, -0.05) is 16.8 Å². The molecule has 1 aliphatic rings. The first kappa shape index (κ1) is 15.6. The zero-order chi connectivity index (χ0) is 16.4. The van der Waals surface area contributed by atoms with Gasteiger partial charge in [0.2, 0.25) is 0 Å². The lowest BCUT2D eigenvalue weighted by Crippen LogP contribution is -2.26. The van der Waals surface area contributed by atoms with Crippen LogP contribution in [0.3, 0.4) is 0 Å². The molecule has 1 amide bonds. The number of benzene rings is 1. The van der Waals surface area contributed by atoms with E-state index in [4.69, 9.17) is 21.2 Å². The molecule has 0 atom stereocenters. The monoisotopic (exact) mass is 334 g/mol. The van der Waals surface area contributed by atoms with E-state index < -0.39 is 5.97 Å². The van der Waals surface area contributed by atoms with Crippen LogP contribution >= 0.6 is 11.6 Å². The van der Waals surface area contributed by atoms with Crippen LogP contribution in [0.5, 0.6) is 0 Å². The summed E-state index contributed by atoms with van der Waals surface area (Å²) in [6.45, 7) is 0.291. The number of carboxylic acid groups (broad SMARTS) is 1. The van der Waals surface area contributed by atoms with Gasteiger partial charge in [-0.25, -0.2) is 0 Å². The minimum absolute atomic E-state index is 0.0192. The van der Waals surface area contributed by atoms with Gasteiger partial charge in [-0.2, -0.15) is 0 Å². The van der Waals surface area contributed by atoms with E-state index in [2.05, 4.69) is 10.5 Å². The zero-order valence-corrected chi connectivity index (χ0v) is 13.0. The lowest BCUT2D eigenvalue weighted by molar-refractivity contribution is -0.137. The molecule has 1 aromatic carbocycles. The van der Waals surface area contributed by atoms with Crippen LogP contribution in [-0.4, -0.2) is 28.7 Å². The van der Waals surface area contributed by atoms with Crippen molar-refractivity contribution in [2.24, 2.45) is 0 Å². The van der Waals surface area contributed by atoms with Gasteiger partial charge in [0.25, 0.3) is 5.91 Å². The van der Waals surface area contributed by atoms with Crippen LogP contribution in [0.2, 0.25) is 5.02 Å². The molecule has 0 unspecified atom stereocenters. The Morgan fingerprint density at radius 1 is 1.35 bits per heavy atom. The van der Waals surface area contributed by atoms with E-state index in [0.717, 1.165) is 23.1 Å². The summed E-state index contributed by atoms with van der Waals surface area (Å²) in [7, 11) is 0. The van der Waals surface area contributed by atoms with Crippen LogP contribution in [0, 0.1) is 0 Å². The smallest absolute Gasteiger partial charge is 0.303 e. The van der Waals surface area contributed by atoms with Crippen LogP contribution in [0.15, 0.2) is 22.7 Å². The van der Waals surface area contributed by atoms with Gasteiger partial charge in [0, 0.05) is 29.1 Å². The maximum absolute atomic E-state index is 12.2. The van der Waals surface area contributed by atoms with Crippen LogP contribution < -0.4 is 5.32 Å². The second kappa shape index (κ2) is 6.42. The number of carbonyl (C=O) groups is 2. The highest BCUT2D eigenvalue weighted by Gasteiger charge is 2.27. The first-order chi connectivity index (χ1) is 11.1.